The number of hydrogen-bond acceptors (Lipinski definition) is 3. The zero-order valence-electron chi connectivity index (χ0n) is 10.1. The van der Waals surface area contributed by atoms with E-state index in [-0.39, 0.29) is 17.6 Å². The van der Waals surface area contributed by atoms with Crippen molar-refractivity contribution in [2.24, 2.45) is 0 Å². The summed E-state index contributed by atoms with van der Waals surface area (Å²) in [6.45, 7) is 6.55. The average molecular weight is 213 g/mol. The third-order valence-corrected chi connectivity index (χ3v) is 3.21. The topological polar surface area (TPSA) is 38.3 Å². The summed E-state index contributed by atoms with van der Waals surface area (Å²) in [6.07, 6.45) is 5.67. The highest BCUT2D eigenvalue weighted by molar-refractivity contribution is 5.75. The van der Waals surface area contributed by atoms with E-state index >= 15 is 0 Å². The maximum absolute atomic E-state index is 11.6. The van der Waals surface area contributed by atoms with Crippen LogP contribution >= 0.6 is 0 Å². The largest absolute Gasteiger partial charge is 0.465 e. The highest BCUT2D eigenvalue weighted by Crippen LogP contribution is 2.29. The van der Waals surface area contributed by atoms with Crippen molar-refractivity contribution in [2.45, 2.75) is 64.5 Å². The van der Waals surface area contributed by atoms with Crippen molar-refractivity contribution < 1.29 is 9.53 Å². The van der Waals surface area contributed by atoms with E-state index in [0.29, 0.717) is 6.61 Å². The third-order valence-electron chi connectivity index (χ3n) is 3.21. The molecule has 15 heavy (non-hydrogen) atoms. The first kappa shape index (κ1) is 12.5. The Morgan fingerprint density at radius 3 is 2.47 bits per heavy atom. The van der Waals surface area contributed by atoms with Crippen LogP contribution in [0.3, 0.4) is 0 Å². The lowest BCUT2D eigenvalue weighted by Gasteiger charge is -2.29. The number of carbonyl (C=O) groups is 1. The van der Waals surface area contributed by atoms with Gasteiger partial charge in [0.15, 0.2) is 0 Å². The summed E-state index contributed by atoms with van der Waals surface area (Å²) in [7, 11) is 0. The first-order valence-corrected chi connectivity index (χ1v) is 6.05. The van der Waals surface area contributed by atoms with Crippen molar-refractivity contribution in [1.29, 1.82) is 0 Å². The van der Waals surface area contributed by atoms with Crippen molar-refractivity contribution in [1.82, 2.24) is 5.32 Å². The molecule has 0 aromatic rings. The molecule has 0 saturated heterocycles. The monoisotopic (exact) mass is 213 g/mol. The van der Waals surface area contributed by atoms with E-state index in [1.54, 1.807) is 0 Å². The Kier molecular flexibility index (Phi) is 4.58. The van der Waals surface area contributed by atoms with Gasteiger partial charge in [0.05, 0.1) is 6.61 Å². The fraction of sp³-hybridized carbons (Fsp3) is 0.917. The molecular formula is C12H23NO2. The Morgan fingerprint density at radius 1 is 1.40 bits per heavy atom. The van der Waals surface area contributed by atoms with Crippen LogP contribution in [0.25, 0.3) is 0 Å². The second-order valence-corrected chi connectivity index (χ2v) is 4.62. The Bertz CT molecular complexity index is 210. The summed E-state index contributed by atoms with van der Waals surface area (Å²) in [4.78, 5) is 11.6. The zero-order valence-corrected chi connectivity index (χ0v) is 10.1. The van der Waals surface area contributed by atoms with Gasteiger partial charge in [0.25, 0.3) is 0 Å². The van der Waals surface area contributed by atoms with Gasteiger partial charge in [-0.05, 0) is 33.1 Å². The van der Waals surface area contributed by atoms with E-state index in [0.717, 1.165) is 6.42 Å². The van der Waals surface area contributed by atoms with Gasteiger partial charge in [-0.1, -0.05) is 19.8 Å². The van der Waals surface area contributed by atoms with E-state index in [4.69, 9.17) is 4.74 Å². The molecule has 1 atom stereocenters. The molecule has 1 aliphatic carbocycles. The summed E-state index contributed by atoms with van der Waals surface area (Å²) < 4.78 is 5.05. The number of nitrogens with one attached hydrogen (secondary N) is 1. The zero-order chi connectivity index (χ0) is 11.3. The fourth-order valence-corrected chi connectivity index (χ4v) is 2.29. The van der Waals surface area contributed by atoms with E-state index in [9.17, 15) is 4.79 Å². The Labute approximate surface area is 92.6 Å². The molecule has 0 radical (unpaired) electrons. The summed E-state index contributed by atoms with van der Waals surface area (Å²) >= 11 is 0. The predicted octanol–water partition coefficient (Wildman–Crippen LogP) is 2.25. The van der Waals surface area contributed by atoms with Gasteiger partial charge in [-0.2, -0.15) is 0 Å². The maximum Gasteiger partial charge on any atom is 0.323 e. The minimum atomic E-state index is -0.131. The van der Waals surface area contributed by atoms with Crippen molar-refractivity contribution in [2.75, 3.05) is 6.61 Å². The Balaban J connectivity index is 2.48. The number of carbonyl (C=O) groups excluding carboxylic acids is 1. The van der Waals surface area contributed by atoms with Gasteiger partial charge in [-0.25, -0.2) is 0 Å². The quantitative estimate of drug-likeness (QED) is 0.712. The first-order valence-electron chi connectivity index (χ1n) is 6.05. The van der Waals surface area contributed by atoms with Gasteiger partial charge < -0.3 is 4.74 Å². The maximum atomic E-state index is 11.6. The molecular weight excluding hydrogens is 190 g/mol. The number of rotatable bonds is 5. The summed E-state index contributed by atoms with van der Waals surface area (Å²) in [6, 6.07) is -0.131. The molecule has 0 aliphatic heterocycles. The van der Waals surface area contributed by atoms with Crippen LogP contribution in [0.5, 0.6) is 0 Å². The normalized spacial score (nSPS) is 21.3. The summed E-state index contributed by atoms with van der Waals surface area (Å²) in [5, 5.41) is 3.45. The smallest absolute Gasteiger partial charge is 0.323 e. The molecule has 0 heterocycles. The van der Waals surface area contributed by atoms with E-state index < -0.39 is 0 Å². The number of ether oxygens (including phenoxy) is 1. The van der Waals surface area contributed by atoms with E-state index in [2.05, 4.69) is 12.2 Å². The minimum Gasteiger partial charge on any atom is -0.465 e. The summed E-state index contributed by atoms with van der Waals surface area (Å²) in [5.74, 6) is -0.104. The molecule has 0 bridgehead atoms. The molecule has 1 N–H and O–H groups in total. The molecule has 3 nitrogen and oxygen atoms in total. The summed E-state index contributed by atoms with van der Waals surface area (Å²) in [5.41, 5.74) is 0.146. The minimum absolute atomic E-state index is 0.104. The first-order chi connectivity index (χ1) is 7.11. The predicted molar refractivity (Wildman–Crippen MR) is 60.7 cm³/mol. The highest BCUT2D eigenvalue weighted by Gasteiger charge is 2.32. The van der Waals surface area contributed by atoms with Crippen molar-refractivity contribution >= 4 is 5.97 Å². The number of esters is 1. The van der Waals surface area contributed by atoms with Gasteiger partial charge in [0.1, 0.15) is 6.04 Å². The molecule has 0 amide bonds. The molecule has 1 saturated carbocycles. The lowest BCUT2D eigenvalue weighted by molar-refractivity contribution is -0.146. The van der Waals surface area contributed by atoms with Crippen LogP contribution in [0, 0.1) is 0 Å². The SMILES string of the molecule is CCOC(=O)C(CC)NC1(C)CCCC1. The molecule has 88 valence electrons. The molecule has 1 aliphatic rings. The van der Waals surface area contributed by atoms with E-state index in [1.807, 2.05) is 13.8 Å². The van der Waals surface area contributed by atoms with Gasteiger partial charge in [0, 0.05) is 5.54 Å². The molecule has 1 rings (SSSR count). The van der Waals surface area contributed by atoms with Crippen LogP contribution in [0.4, 0.5) is 0 Å². The van der Waals surface area contributed by atoms with Crippen LogP contribution < -0.4 is 5.32 Å². The molecule has 0 spiro atoms. The van der Waals surface area contributed by atoms with Crippen LogP contribution in [-0.4, -0.2) is 24.2 Å². The Hall–Kier alpha value is -0.570. The molecule has 0 aromatic carbocycles. The lowest BCUT2D eigenvalue weighted by atomic mass is 9.98. The standard InChI is InChI=1S/C12H23NO2/c1-4-10(11(14)15-5-2)13-12(3)8-6-7-9-12/h10,13H,4-9H2,1-3H3. The molecule has 1 fully saturated rings. The Morgan fingerprint density at radius 2 is 2.00 bits per heavy atom. The molecule has 0 aromatic heterocycles. The van der Waals surface area contributed by atoms with Crippen LogP contribution in [0.1, 0.15) is 52.9 Å². The van der Waals surface area contributed by atoms with Gasteiger partial charge >= 0.3 is 5.97 Å². The van der Waals surface area contributed by atoms with Gasteiger partial charge in [-0.15, -0.1) is 0 Å². The van der Waals surface area contributed by atoms with E-state index in [1.165, 1.54) is 25.7 Å². The van der Waals surface area contributed by atoms with Crippen molar-refractivity contribution in [3.8, 4) is 0 Å². The van der Waals surface area contributed by atoms with Gasteiger partial charge in [-0.3, -0.25) is 10.1 Å². The highest BCUT2D eigenvalue weighted by atomic mass is 16.5. The van der Waals surface area contributed by atoms with Gasteiger partial charge in [0.2, 0.25) is 0 Å². The third kappa shape index (κ3) is 3.49. The van der Waals surface area contributed by atoms with Crippen molar-refractivity contribution in [3.05, 3.63) is 0 Å². The van der Waals surface area contributed by atoms with Crippen LogP contribution in [0.15, 0.2) is 0 Å². The average Bonchev–Trinajstić information content (AvgIpc) is 2.62. The van der Waals surface area contributed by atoms with Crippen LogP contribution in [0.2, 0.25) is 0 Å². The molecule has 3 heteroatoms. The van der Waals surface area contributed by atoms with Crippen molar-refractivity contribution in [3.63, 3.8) is 0 Å². The fourth-order valence-electron chi connectivity index (χ4n) is 2.29. The van der Waals surface area contributed by atoms with Crippen LogP contribution in [-0.2, 0) is 9.53 Å². The molecule has 1 unspecified atom stereocenters. The lowest BCUT2D eigenvalue weighted by Crippen LogP contribution is -2.50. The number of hydrogen-bond donors (Lipinski definition) is 1. The second kappa shape index (κ2) is 5.50. The second-order valence-electron chi connectivity index (χ2n) is 4.62.